The number of thiophene rings is 1. The molecule has 1 aromatic carbocycles. The number of phenolic OH excluding ortho intramolecular Hbond substituents is 1. The van der Waals surface area contributed by atoms with Crippen LogP contribution in [0, 0.1) is 0 Å². The molecule has 5 heteroatoms. The third-order valence-electron chi connectivity index (χ3n) is 4.09. The SMILES string of the molecule is O=c1oc(-c2cccc(O)c2)nc2sc3c(c12)CCCCC3. The van der Waals surface area contributed by atoms with Gasteiger partial charge in [0.2, 0.25) is 5.89 Å². The zero-order valence-corrected chi connectivity index (χ0v) is 12.8. The van der Waals surface area contributed by atoms with Crippen LogP contribution in [0.1, 0.15) is 29.7 Å². The lowest BCUT2D eigenvalue weighted by molar-refractivity contribution is 0.474. The van der Waals surface area contributed by atoms with E-state index in [-0.39, 0.29) is 17.3 Å². The van der Waals surface area contributed by atoms with Crippen LogP contribution in [-0.2, 0) is 12.8 Å². The summed E-state index contributed by atoms with van der Waals surface area (Å²) in [5.74, 6) is 0.397. The largest absolute Gasteiger partial charge is 0.508 e. The maximum atomic E-state index is 12.4. The molecule has 0 saturated carbocycles. The fourth-order valence-corrected chi connectivity index (χ4v) is 4.28. The molecule has 3 aromatic rings. The Kier molecular flexibility index (Phi) is 3.22. The highest BCUT2D eigenvalue weighted by Gasteiger charge is 2.20. The molecule has 1 N–H and O–H groups in total. The van der Waals surface area contributed by atoms with Gasteiger partial charge in [-0.25, -0.2) is 9.78 Å². The van der Waals surface area contributed by atoms with Crippen LogP contribution in [0.5, 0.6) is 5.75 Å². The Hall–Kier alpha value is -2.14. The molecule has 0 saturated heterocycles. The van der Waals surface area contributed by atoms with Crippen molar-refractivity contribution in [3.63, 3.8) is 0 Å². The van der Waals surface area contributed by atoms with Crippen molar-refractivity contribution in [1.29, 1.82) is 0 Å². The molecule has 0 aliphatic heterocycles. The van der Waals surface area contributed by atoms with E-state index in [1.54, 1.807) is 35.6 Å². The average Bonchev–Trinajstić information content (AvgIpc) is 2.70. The molecule has 0 radical (unpaired) electrons. The lowest BCUT2D eigenvalue weighted by atomic mass is 10.1. The first-order valence-electron chi connectivity index (χ1n) is 7.47. The van der Waals surface area contributed by atoms with Crippen molar-refractivity contribution in [1.82, 2.24) is 4.98 Å². The summed E-state index contributed by atoms with van der Waals surface area (Å²) in [6.45, 7) is 0. The van der Waals surface area contributed by atoms with Gasteiger partial charge in [0.05, 0.1) is 0 Å². The van der Waals surface area contributed by atoms with E-state index in [1.165, 1.54) is 17.7 Å². The van der Waals surface area contributed by atoms with Crippen LogP contribution in [0.4, 0.5) is 0 Å². The maximum Gasteiger partial charge on any atom is 0.348 e. The predicted molar refractivity (Wildman–Crippen MR) is 86.5 cm³/mol. The van der Waals surface area contributed by atoms with Crippen LogP contribution >= 0.6 is 11.3 Å². The van der Waals surface area contributed by atoms with Crippen LogP contribution in [0.15, 0.2) is 33.5 Å². The van der Waals surface area contributed by atoms with Gasteiger partial charge in [0, 0.05) is 10.4 Å². The summed E-state index contributed by atoms with van der Waals surface area (Å²) in [4.78, 5) is 19.0. The van der Waals surface area contributed by atoms with Crippen molar-refractivity contribution < 1.29 is 9.52 Å². The topological polar surface area (TPSA) is 63.3 Å². The van der Waals surface area contributed by atoms with Crippen molar-refractivity contribution >= 4 is 21.6 Å². The minimum Gasteiger partial charge on any atom is -0.508 e. The Labute approximate surface area is 131 Å². The predicted octanol–water partition coefficient (Wildman–Crippen LogP) is 3.89. The molecule has 0 unspecified atom stereocenters. The molecule has 0 amide bonds. The van der Waals surface area contributed by atoms with Gasteiger partial charge in [0.1, 0.15) is 16.0 Å². The minimum absolute atomic E-state index is 0.129. The average molecular weight is 313 g/mol. The van der Waals surface area contributed by atoms with Crippen molar-refractivity contribution in [2.45, 2.75) is 32.1 Å². The zero-order chi connectivity index (χ0) is 15.1. The number of hydrogen-bond acceptors (Lipinski definition) is 5. The molecule has 0 spiro atoms. The number of fused-ring (bicyclic) bond motifs is 3. The maximum absolute atomic E-state index is 12.4. The molecule has 1 aliphatic carbocycles. The van der Waals surface area contributed by atoms with Gasteiger partial charge in [0.25, 0.3) is 0 Å². The van der Waals surface area contributed by atoms with E-state index in [0.29, 0.717) is 10.9 Å². The molecule has 0 fully saturated rings. The zero-order valence-electron chi connectivity index (χ0n) is 12.0. The van der Waals surface area contributed by atoms with Gasteiger partial charge < -0.3 is 9.52 Å². The molecule has 1 aliphatic rings. The van der Waals surface area contributed by atoms with E-state index in [9.17, 15) is 9.90 Å². The summed E-state index contributed by atoms with van der Waals surface area (Å²) in [5.41, 5.74) is 1.44. The lowest BCUT2D eigenvalue weighted by Crippen LogP contribution is -2.03. The Bertz CT molecular complexity index is 910. The van der Waals surface area contributed by atoms with Gasteiger partial charge >= 0.3 is 5.63 Å². The second-order valence-electron chi connectivity index (χ2n) is 5.60. The van der Waals surface area contributed by atoms with Crippen molar-refractivity contribution in [3.8, 4) is 17.2 Å². The molecule has 4 nitrogen and oxygen atoms in total. The first kappa shape index (κ1) is 13.5. The first-order valence-corrected chi connectivity index (χ1v) is 8.29. The lowest BCUT2D eigenvalue weighted by Gasteiger charge is -2.01. The quantitative estimate of drug-likeness (QED) is 0.692. The number of aromatic hydroxyl groups is 1. The van der Waals surface area contributed by atoms with E-state index < -0.39 is 0 Å². The van der Waals surface area contributed by atoms with E-state index >= 15 is 0 Å². The third kappa shape index (κ3) is 2.22. The molecule has 0 atom stereocenters. The van der Waals surface area contributed by atoms with Crippen molar-refractivity contribution in [3.05, 3.63) is 45.1 Å². The molecule has 0 bridgehead atoms. The van der Waals surface area contributed by atoms with Gasteiger partial charge in [0.15, 0.2) is 0 Å². The summed E-state index contributed by atoms with van der Waals surface area (Å²) >= 11 is 1.61. The molecule has 2 aromatic heterocycles. The summed E-state index contributed by atoms with van der Waals surface area (Å²) in [5, 5.41) is 10.2. The Morgan fingerprint density at radius 2 is 2.05 bits per heavy atom. The van der Waals surface area contributed by atoms with Gasteiger partial charge in [-0.3, -0.25) is 0 Å². The highest BCUT2D eigenvalue weighted by molar-refractivity contribution is 7.18. The molecule has 4 rings (SSSR count). The summed E-state index contributed by atoms with van der Waals surface area (Å²) < 4.78 is 5.43. The van der Waals surface area contributed by atoms with Crippen molar-refractivity contribution in [2.24, 2.45) is 0 Å². The summed E-state index contributed by atoms with van der Waals surface area (Å²) in [6.07, 6.45) is 5.46. The van der Waals surface area contributed by atoms with E-state index in [4.69, 9.17) is 4.42 Å². The summed E-state index contributed by atoms with van der Waals surface area (Å²) in [7, 11) is 0. The van der Waals surface area contributed by atoms with E-state index in [1.807, 2.05) is 0 Å². The number of benzene rings is 1. The van der Waals surface area contributed by atoms with Gasteiger partial charge in [-0.15, -0.1) is 11.3 Å². The van der Waals surface area contributed by atoms with Crippen molar-refractivity contribution in [2.75, 3.05) is 0 Å². The summed E-state index contributed by atoms with van der Waals surface area (Å²) in [6, 6.07) is 6.61. The first-order chi connectivity index (χ1) is 10.7. The number of hydrogen-bond donors (Lipinski definition) is 1. The molecule has 22 heavy (non-hydrogen) atoms. The van der Waals surface area contributed by atoms with Gasteiger partial charge in [-0.1, -0.05) is 12.5 Å². The van der Waals surface area contributed by atoms with E-state index in [2.05, 4.69) is 4.98 Å². The fraction of sp³-hybridized carbons (Fsp3) is 0.294. The number of phenols is 1. The minimum atomic E-state index is -0.317. The van der Waals surface area contributed by atoms with Crippen LogP contribution in [0.2, 0.25) is 0 Å². The number of nitrogens with zero attached hydrogens (tertiary/aromatic N) is 1. The number of rotatable bonds is 1. The van der Waals surface area contributed by atoms with E-state index in [0.717, 1.165) is 29.7 Å². The Balaban J connectivity index is 1.92. The molecule has 2 heterocycles. The second kappa shape index (κ2) is 5.25. The smallest absolute Gasteiger partial charge is 0.348 e. The number of aromatic nitrogens is 1. The van der Waals surface area contributed by atoms with Crippen LogP contribution in [-0.4, -0.2) is 10.1 Å². The number of aryl methyl sites for hydroxylation is 2. The van der Waals surface area contributed by atoms with Crippen LogP contribution in [0.25, 0.3) is 21.7 Å². The van der Waals surface area contributed by atoms with Gasteiger partial charge in [-0.05, 0) is 49.4 Å². The van der Waals surface area contributed by atoms with Crippen LogP contribution in [0.3, 0.4) is 0 Å². The second-order valence-corrected chi connectivity index (χ2v) is 6.69. The normalized spacial score (nSPS) is 14.7. The standard InChI is InChI=1S/C17H15NO3S/c19-11-6-4-5-10(9-11)15-18-16-14(17(20)21-15)12-7-2-1-3-8-13(12)22-16/h4-6,9,19H,1-3,7-8H2. The highest BCUT2D eigenvalue weighted by atomic mass is 32.1. The Morgan fingerprint density at radius 3 is 2.91 bits per heavy atom. The van der Waals surface area contributed by atoms with Crippen LogP contribution < -0.4 is 5.63 Å². The van der Waals surface area contributed by atoms with Gasteiger partial charge in [-0.2, -0.15) is 0 Å². The molecular formula is C17H15NO3S. The Morgan fingerprint density at radius 1 is 1.18 bits per heavy atom. The monoisotopic (exact) mass is 313 g/mol. The third-order valence-corrected chi connectivity index (χ3v) is 5.28. The highest BCUT2D eigenvalue weighted by Crippen LogP contribution is 2.34. The molecule has 112 valence electrons. The fourth-order valence-electron chi connectivity index (χ4n) is 3.03. The molecular weight excluding hydrogens is 298 g/mol.